The average molecular weight is 346 g/mol. The van der Waals surface area contributed by atoms with Gasteiger partial charge in [0.2, 0.25) is 5.95 Å². The number of para-hydroxylation sites is 1. The minimum Gasteiger partial charge on any atom is -0.334 e. The van der Waals surface area contributed by atoms with E-state index in [-0.39, 0.29) is 0 Å². The standard InChI is InChI=1S/C22H26N4/c1-17(2)26(16-19-11-7-5-8-12-19)22-23-18(3)15-21(24-22)25(4)20-13-9-6-10-14-20/h5-15,17H,16H2,1-4H3. The van der Waals surface area contributed by atoms with Crippen molar-refractivity contribution in [3.63, 3.8) is 0 Å². The lowest BCUT2D eigenvalue weighted by molar-refractivity contribution is 0.659. The number of rotatable bonds is 6. The van der Waals surface area contributed by atoms with Crippen LogP contribution in [0.2, 0.25) is 0 Å². The van der Waals surface area contributed by atoms with Crippen LogP contribution >= 0.6 is 0 Å². The van der Waals surface area contributed by atoms with Crippen molar-refractivity contribution < 1.29 is 0 Å². The van der Waals surface area contributed by atoms with Crippen LogP contribution in [0, 0.1) is 6.92 Å². The van der Waals surface area contributed by atoms with E-state index in [0.717, 1.165) is 29.7 Å². The molecule has 4 nitrogen and oxygen atoms in total. The zero-order chi connectivity index (χ0) is 18.5. The largest absolute Gasteiger partial charge is 0.334 e. The summed E-state index contributed by atoms with van der Waals surface area (Å²) in [6, 6.07) is 23.1. The zero-order valence-electron chi connectivity index (χ0n) is 15.9. The summed E-state index contributed by atoms with van der Waals surface area (Å²) in [6.07, 6.45) is 0. The van der Waals surface area contributed by atoms with Gasteiger partial charge in [0.05, 0.1) is 0 Å². The predicted molar refractivity (Wildman–Crippen MR) is 109 cm³/mol. The van der Waals surface area contributed by atoms with Crippen molar-refractivity contribution in [2.24, 2.45) is 0 Å². The van der Waals surface area contributed by atoms with Crippen LogP contribution in [0.5, 0.6) is 0 Å². The molecule has 0 aliphatic carbocycles. The monoisotopic (exact) mass is 346 g/mol. The SMILES string of the molecule is Cc1cc(N(C)c2ccccc2)nc(N(Cc2ccccc2)C(C)C)n1. The second-order valence-electron chi connectivity index (χ2n) is 6.77. The molecular weight excluding hydrogens is 320 g/mol. The smallest absolute Gasteiger partial charge is 0.228 e. The van der Waals surface area contributed by atoms with Gasteiger partial charge in [-0.1, -0.05) is 48.5 Å². The van der Waals surface area contributed by atoms with Gasteiger partial charge >= 0.3 is 0 Å². The van der Waals surface area contributed by atoms with Crippen LogP contribution in [0.1, 0.15) is 25.1 Å². The molecule has 0 bridgehead atoms. The van der Waals surface area contributed by atoms with Crippen molar-refractivity contribution in [3.05, 3.63) is 78.0 Å². The van der Waals surface area contributed by atoms with Crippen LogP contribution in [0.25, 0.3) is 0 Å². The molecule has 0 saturated carbocycles. The number of aromatic nitrogens is 2. The van der Waals surface area contributed by atoms with Gasteiger partial charge in [-0.25, -0.2) is 4.98 Å². The maximum Gasteiger partial charge on any atom is 0.228 e. The van der Waals surface area contributed by atoms with Crippen LogP contribution in [-0.2, 0) is 6.54 Å². The summed E-state index contributed by atoms with van der Waals surface area (Å²) in [6.45, 7) is 7.16. The molecule has 1 heterocycles. The van der Waals surface area contributed by atoms with Gasteiger partial charge in [-0.15, -0.1) is 0 Å². The molecule has 4 heteroatoms. The van der Waals surface area contributed by atoms with Gasteiger partial charge in [0.1, 0.15) is 5.82 Å². The second kappa shape index (κ2) is 8.00. The Kier molecular flexibility index (Phi) is 5.52. The molecule has 0 atom stereocenters. The molecule has 0 fully saturated rings. The molecule has 0 saturated heterocycles. The molecule has 0 amide bonds. The van der Waals surface area contributed by atoms with E-state index >= 15 is 0 Å². The highest BCUT2D eigenvalue weighted by atomic mass is 15.3. The Morgan fingerprint density at radius 2 is 1.50 bits per heavy atom. The van der Waals surface area contributed by atoms with E-state index in [1.54, 1.807) is 0 Å². The molecule has 0 unspecified atom stereocenters. The summed E-state index contributed by atoms with van der Waals surface area (Å²) in [7, 11) is 2.04. The summed E-state index contributed by atoms with van der Waals surface area (Å²) >= 11 is 0. The lowest BCUT2D eigenvalue weighted by Gasteiger charge is -2.28. The number of nitrogens with zero attached hydrogens (tertiary/aromatic N) is 4. The minimum absolute atomic E-state index is 0.298. The van der Waals surface area contributed by atoms with Crippen molar-refractivity contribution in [2.45, 2.75) is 33.4 Å². The normalized spacial score (nSPS) is 10.8. The molecule has 26 heavy (non-hydrogen) atoms. The molecule has 1 aromatic heterocycles. The molecule has 134 valence electrons. The Balaban J connectivity index is 1.94. The van der Waals surface area contributed by atoms with Crippen LogP contribution in [-0.4, -0.2) is 23.1 Å². The average Bonchev–Trinajstić information content (AvgIpc) is 2.66. The summed E-state index contributed by atoms with van der Waals surface area (Å²) < 4.78 is 0. The molecule has 0 aliphatic rings. The van der Waals surface area contributed by atoms with Crippen LogP contribution in [0.4, 0.5) is 17.5 Å². The van der Waals surface area contributed by atoms with E-state index < -0.39 is 0 Å². The van der Waals surface area contributed by atoms with Crippen LogP contribution in [0.15, 0.2) is 66.7 Å². The van der Waals surface area contributed by atoms with Gasteiger partial charge in [-0.05, 0) is 38.5 Å². The molecule has 0 radical (unpaired) electrons. The molecule has 0 N–H and O–H groups in total. The lowest BCUT2D eigenvalue weighted by atomic mass is 10.2. The zero-order valence-corrected chi connectivity index (χ0v) is 15.9. The van der Waals surface area contributed by atoms with Crippen molar-refractivity contribution in [3.8, 4) is 0 Å². The van der Waals surface area contributed by atoms with Crippen LogP contribution in [0.3, 0.4) is 0 Å². The van der Waals surface area contributed by atoms with Gasteiger partial charge < -0.3 is 9.80 Å². The van der Waals surface area contributed by atoms with Gasteiger partial charge in [-0.3, -0.25) is 0 Å². The maximum absolute atomic E-state index is 4.87. The van der Waals surface area contributed by atoms with E-state index in [1.807, 2.05) is 44.3 Å². The van der Waals surface area contributed by atoms with Gasteiger partial charge in [0.15, 0.2) is 0 Å². The van der Waals surface area contributed by atoms with Crippen molar-refractivity contribution in [1.29, 1.82) is 0 Å². The van der Waals surface area contributed by atoms with E-state index in [4.69, 9.17) is 9.97 Å². The molecule has 3 rings (SSSR count). The highest BCUT2D eigenvalue weighted by molar-refractivity contribution is 5.60. The quantitative estimate of drug-likeness (QED) is 0.631. The minimum atomic E-state index is 0.298. The first-order valence-electron chi connectivity index (χ1n) is 8.99. The number of aryl methyl sites for hydroxylation is 1. The summed E-state index contributed by atoms with van der Waals surface area (Å²) in [5, 5.41) is 0. The van der Waals surface area contributed by atoms with E-state index in [2.05, 4.69) is 60.0 Å². The predicted octanol–water partition coefficient (Wildman–Crippen LogP) is 4.97. The van der Waals surface area contributed by atoms with Crippen molar-refractivity contribution in [2.75, 3.05) is 16.8 Å². The van der Waals surface area contributed by atoms with E-state index in [1.165, 1.54) is 5.56 Å². The highest BCUT2D eigenvalue weighted by Crippen LogP contribution is 2.25. The number of hydrogen-bond acceptors (Lipinski definition) is 4. The van der Waals surface area contributed by atoms with E-state index in [0.29, 0.717) is 6.04 Å². The number of hydrogen-bond donors (Lipinski definition) is 0. The lowest BCUT2D eigenvalue weighted by Crippen LogP contribution is -2.32. The third-order valence-electron chi connectivity index (χ3n) is 4.39. The molecule has 2 aromatic carbocycles. The third-order valence-corrected chi connectivity index (χ3v) is 4.39. The first-order chi connectivity index (χ1) is 12.5. The number of anilines is 3. The summed E-state index contributed by atoms with van der Waals surface area (Å²) in [5.74, 6) is 1.67. The first kappa shape index (κ1) is 17.9. The Hall–Kier alpha value is -2.88. The molecular formula is C22H26N4. The molecule has 0 spiro atoms. The maximum atomic E-state index is 4.87. The fourth-order valence-corrected chi connectivity index (χ4v) is 2.89. The fraction of sp³-hybridized carbons (Fsp3) is 0.273. The number of benzene rings is 2. The van der Waals surface area contributed by atoms with Gasteiger partial charge in [0.25, 0.3) is 0 Å². The van der Waals surface area contributed by atoms with Crippen molar-refractivity contribution >= 4 is 17.5 Å². The summed E-state index contributed by atoms with van der Waals surface area (Å²) in [4.78, 5) is 13.9. The van der Waals surface area contributed by atoms with E-state index in [9.17, 15) is 0 Å². The van der Waals surface area contributed by atoms with Crippen LogP contribution < -0.4 is 9.80 Å². The summed E-state index contributed by atoms with van der Waals surface area (Å²) in [5.41, 5.74) is 3.33. The Morgan fingerprint density at radius 1 is 0.885 bits per heavy atom. The van der Waals surface area contributed by atoms with Gasteiger partial charge in [-0.2, -0.15) is 4.98 Å². The Labute approximate surface area is 156 Å². The highest BCUT2D eigenvalue weighted by Gasteiger charge is 2.17. The topological polar surface area (TPSA) is 32.3 Å². The molecule has 0 aliphatic heterocycles. The second-order valence-corrected chi connectivity index (χ2v) is 6.77. The Morgan fingerprint density at radius 3 is 2.12 bits per heavy atom. The third kappa shape index (κ3) is 4.20. The van der Waals surface area contributed by atoms with Crippen molar-refractivity contribution in [1.82, 2.24) is 9.97 Å². The first-order valence-corrected chi connectivity index (χ1v) is 8.99. The molecule has 3 aromatic rings. The Bertz CT molecular complexity index is 831. The fourth-order valence-electron chi connectivity index (χ4n) is 2.89. The van der Waals surface area contributed by atoms with Gasteiger partial charge in [0, 0.05) is 37.1 Å².